The summed E-state index contributed by atoms with van der Waals surface area (Å²) in [5.74, 6) is -0.00207. The number of nitrogens with one attached hydrogen (secondary N) is 1. The Kier molecular flexibility index (Phi) is 4.16. The normalized spacial score (nSPS) is 18.4. The standard InChI is InChI=1S/C14H18N2O3/c1-10(18)11-4-6-12(7-5-11)15-14(19)16-8-2-3-13(16)9-17/h4-7,13,17H,2-3,8-9H2,1H3,(H,15,19). The van der Waals surface area contributed by atoms with Crippen molar-refractivity contribution in [1.29, 1.82) is 0 Å². The Balaban J connectivity index is 2.00. The van der Waals surface area contributed by atoms with E-state index in [2.05, 4.69) is 5.32 Å². The third-order valence-electron chi connectivity index (χ3n) is 3.39. The van der Waals surface area contributed by atoms with E-state index < -0.39 is 0 Å². The van der Waals surface area contributed by atoms with Crippen LogP contribution in [0, 0.1) is 0 Å². The lowest BCUT2D eigenvalue weighted by Gasteiger charge is -2.23. The molecule has 19 heavy (non-hydrogen) atoms. The van der Waals surface area contributed by atoms with Crippen LogP contribution < -0.4 is 5.32 Å². The summed E-state index contributed by atoms with van der Waals surface area (Å²) in [7, 11) is 0. The Bertz CT molecular complexity index is 470. The first kappa shape index (κ1) is 13.5. The molecule has 1 aromatic carbocycles. The molecule has 0 saturated carbocycles. The number of urea groups is 1. The van der Waals surface area contributed by atoms with E-state index in [1.807, 2.05) is 0 Å². The summed E-state index contributed by atoms with van der Waals surface area (Å²) in [6, 6.07) is 6.50. The van der Waals surface area contributed by atoms with Crippen molar-refractivity contribution in [1.82, 2.24) is 4.90 Å². The number of Topliss-reactive ketones (excluding diaryl/α,β-unsaturated/α-hetero) is 1. The number of nitrogens with zero attached hydrogens (tertiary/aromatic N) is 1. The molecule has 1 atom stereocenters. The molecule has 5 nitrogen and oxygen atoms in total. The molecule has 1 aliphatic rings. The Morgan fingerprint density at radius 3 is 2.63 bits per heavy atom. The molecule has 0 aliphatic carbocycles. The van der Waals surface area contributed by atoms with Gasteiger partial charge < -0.3 is 15.3 Å². The van der Waals surface area contributed by atoms with Gasteiger partial charge in [0.2, 0.25) is 0 Å². The maximum Gasteiger partial charge on any atom is 0.322 e. The Hall–Kier alpha value is -1.88. The second-order valence-corrected chi connectivity index (χ2v) is 4.74. The molecular formula is C14H18N2O3. The number of hydrogen-bond donors (Lipinski definition) is 2. The lowest BCUT2D eigenvalue weighted by atomic mass is 10.1. The number of carbonyl (C=O) groups is 2. The van der Waals surface area contributed by atoms with Crippen molar-refractivity contribution in [3.05, 3.63) is 29.8 Å². The molecule has 1 unspecified atom stereocenters. The van der Waals surface area contributed by atoms with E-state index in [0.29, 0.717) is 17.8 Å². The molecule has 0 bridgehead atoms. The summed E-state index contributed by atoms with van der Waals surface area (Å²) < 4.78 is 0. The van der Waals surface area contributed by atoms with Gasteiger partial charge in [-0.3, -0.25) is 4.79 Å². The van der Waals surface area contributed by atoms with Gasteiger partial charge in [-0.05, 0) is 44.0 Å². The minimum absolute atomic E-state index is 0.00207. The molecule has 1 saturated heterocycles. The summed E-state index contributed by atoms with van der Waals surface area (Å²) >= 11 is 0. The molecule has 2 N–H and O–H groups in total. The van der Waals surface area contributed by atoms with Crippen LogP contribution in [0.25, 0.3) is 0 Å². The molecule has 1 heterocycles. The van der Waals surface area contributed by atoms with E-state index in [0.717, 1.165) is 12.8 Å². The van der Waals surface area contributed by atoms with Crippen LogP contribution in [0.2, 0.25) is 0 Å². The lowest BCUT2D eigenvalue weighted by molar-refractivity contribution is 0.101. The molecule has 2 rings (SSSR count). The average molecular weight is 262 g/mol. The summed E-state index contributed by atoms with van der Waals surface area (Å²) in [4.78, 5) is 24.8. The summed E-state index contributed by atoms with van der Waals surface area (Å²) in [5, 5.41) is 12.0. The van der Waals surface area contributed by atoms with Crippen LogP contribution >= 0.6 is 0 Å². The minimum atomic E-state index is -0.202. The number of amides is 2. The molecule has 1 aromatic rings. The SMILES string of the molecule is CC(=O)c1ccc(NC(=O)N2CCCC2CO)cc1. The Labute approximate surface area is 112 Å². The van der Waals surface area contributed by atoms with Crippen molar-refractivity contribution >= 4 is 17.5 Å². The van der Waals surface area contributed by atoms with Gasteiger partial charge in [-0.1, -0.05) is 0 Å². The van der Waals surface area contributed by atoms with Crippen molar-refractivity contribution in [3.63, 3.8) is 0 Å². The second kappa shape index (κ2) is 5.84. The predicted molar refractivity (Wildman–Crippen MR) is 72.3 cm³/mol. The molecule has 102 valence electrons. The van der Waals surface area contributed by atoms with Crippen LogP contribution in [-0.2, 0) is 0 Å². The molecule has 0 radical (unpaired) electrons. The molecule has 2 amide bonds. The number of benzene rings is 1. The number of hydrogen-bond acceptors (Lipinski definition) is 3. The van der Waals surface area contributed by atoms with Crippen LogP contribution in [-0.4, -0.2) is 41.0 Å². The van der Waals surface area contributed by atoms with E-state index in [9.17, 15) is 14.7 Å². The average Bonchev–Trinajstić information content (AvgIpc) is 2.87. The first-order chi connectivity index (χ1) is 9.11. The van der Waals surface area contributed by atoms with E-state index in [-0.39, 0.29) is 24.5 Å². The van der Waals surface area contributed by atoms with Crippen LogP contribution in [0.15, 0.2) is 24.3 Å². The maximum absolute atomic E-state index is 12.0. The topological polar surface area (TPSA) is 69.6 Å². The van der Waals surface area contributed by atoms with Crippen molar-refractivity contribution in [3.8, 4) is 0 Å². The van der Waals surface area contributed by atoms with E-state index >= 15 is 0 Å². The van der Waals surface area contributed by atoms with Gasteiger partial charge in [0.05, 0.1) is 12.6 Å². The highest BCUT2D eigenvalue weighted by Crippen LogP contribution is 2.18. The second-order valence-electron chi connectivity index (χ2n) is 4.74. The van der Waals surface area contributed by atoms with Crippen molar-refractivity contribution < 1.29 is 14.7 Å². The van der Waals surface area contributed by atoms with Gasteiger partial charge in [0.15, 0.2) is 5.78 Å². The summed E-state index contributed by atoms with van der Waals surface area (Å²) in [6.07, 6.45) is 1.76. The van der Waals surface area contributed by atoms with Crippen molar-refractivity contribution in [2.75, 3.05) is 18.5 Å². The van der Waals surface area contributed by atoms with Crippen LogP contribution in [0.4, 0.5) is 10.5 Å². The molecule has 1 fully saturated rings. The number of carbonyl (C=O) groups excluding carboxylic acids is 2. The van der Waals surface area contributed by atoms with Crippen LogP contribution in [0.5, 0.6) is 0 Å². The van der Waals surface area contributed by atoms with Gasteiger partial charge >= 0.3 is 6.03 Å². The van der Waals surface area contributed by atoms with Crippen molar-refractivity contribution in [2.45, 2.75) is 25.8 Å². The molecular weight excluding hydrogens is 244 g/mol. The summed E-state index contributed by atoms with van der Waals surface area (Å²) in [6.45, 7) is 2.17. The van der Waals surface area contributed by atoms with Gasteiger partial charge in [0, 0.05) is 17.8 Å². The van der Waals surface area contributed by atoms with Gasteiger partial charge in [-0.15, -0.1) is 0 Å². The van der Waals surface area contributed by atoms with Crippen LogP contribution in [0.1, 0.15) is 30.1 Å². The number of rotatable bonds is 3. The minimum Gasteiger partial charge on any atom is -0.394 e. The van der Waals surface area contributed by atoms with Gasteiger partial charge in [-0.2, -0.15) is 0 Å². The smallest absolute Gasteiger partial charge is 0.322 e. The Morgan fingerprint density at radius 1 is 1.37 bits per heavy atom. The molecule has 1 aliphatic heterocycles. The largest absolute Gasteiger partial charge is 0.394 e. The quantitative estimate of drug-likeness (QED) is 0.817. The number of aliphatic hydroxyl groups is 1. The zero-order valence-electron chi connectivity index (χ0n) is 10.9. The number of aliphatic hydroxyl groups excluding tert-OH is 1. The third-order valence-corrected chi connectivity index (χ3v) is 3.39. The lowest BCUT2D eigenvalue weighted by Crippen LogP contribution is -2.40. The highest BCUT2D eigenvalue weighted by atomic mass is 16.3. The van der Waals surface area contributed by atoms with E-state index in [4.69, 9.17) is 0 Å². The van der Waals surface area contributed by atoms with Crippen molar-refractivity contribution in [2.24, 2.45) is 0 Å². The van der Waals surface area contributed by atoms with E-state index in [1.165, 1.54) is 6.92 Å². The number of anilines is 1. The number of ketones is 1. The fourth-order valence-electron chi connectivity index (χ4n) is 2.28. The van der Waals surface area contributed by atoms with Crippen LogP contribution in [0.3, 0.4) is 0 Å². The fraction of sp³-hybridized carbons (Fsp3) is 0.429. The maximum atomic E-state index is 12.0. The zero-order chi connectivity index (χ0) is 13.8. The molecule has 0 spiro atoms. The fourth-order valence-corrected chi connectivity index (χ4v) is 2.28. The Morgan fingerprint density at radius 2 is 2.05 bits per heavy atom. The molecule has 0 aromatic heterocycles. The first-order valence-electron chi connectivity index (χ1n) is 6.41. The predicted octanol–water partition coefficient (Wildman–Crippen LogP) is 1.88. The van der Waals surface area contributed by atoms with Gasteiger partial charge in [-0.25, -0.2) is 4.79 Å². The highest BCUT2D eigenvalue weighted by molar-refractivity contribution is 5.95. The van der Waals surface area contributed by atoms with Gasteiger partial charge in [0.25, 0.3) is 0 Å². The van der Waals surface area contributed by atoms with E-state index in [1.54, 1.807) is 29.2 Å². The monoisotopic (exact) mass is 262 g/mol. The summed E-state index contributed by atoms with van der Waals surface area (Å²) in [5.41, 5.74) is 1.27. The highest BCUT2D eigenvalue weighted by Gasteiger charge is 2.27. The zero-order valence-corrected chi connectivity index (χ0v) is 10.9. The number of likely N-dealkylation sites (tertiary alicyclic amines) is 1. The first-order valence-corrected chi connectivity index (χ1v) is 6.41. The third kappa shape index (κ3) is 3.12. The molecule has 5 heteroatoms. The van der Waals surface area contributed by atoms with Gasteiger partial charge in [0.1, 0.15) is 0 Å².